The van der Waals surface area contributed by atoms with Gasteiger partial charge in [0.2, 0.25) is 11.8 Å². The molecule has 1 aromatic carbocycles. The van der Waals surface area contributed by atoms with Crippen molar-refractivity contribution in [1.82, 2.24) is 4.90 Å². The lowest BCUT2D eigenvalue weighted by Crippen LogP contribution is -2.33. The monoisotopic (exact) mass is 322 g/mol. The molecule has 1 atom stereocenters. The molecule has 1 aliphatic rings. The number of anilines is 1. The van der Waals surface area contributed by atoms with Gasteiger partial charge in [-0.3, -0.25) is 14.5 Å². The van der Waals surface area contributed by atoms with Crippen LogP contribution in [0.4, 0.5) is 5.69 Å². The fourth-order valence-corrected chi connectivity index (χ4v) is 3.59. The number of thiocarbonyl (C=S) groups is 1. The molecule has 0 aliphatic carbocycles. The van der Waals surface area contributed by atoms with Crippen LogP contribution in [-0.4, -0.2) is 32.8 Å². The molecule has 1 aromatic rings. The van der Waals surface area contributed by atoms with Gasteiger partial charge in [0.1, 0.15) is 4.32 Å². The van der Waals surface area contributed by atoms with Crippen LogP contribution in [0.2, 0.25) is 0 Å². The number of hydrogen-bond acceptors (Lipinski definition) is 4. The lowest BCUT2D eigenvalue weighted by Gasteiger charge is -2.15. The lowest BCUT2D eigenvalue weighted by atomic mass is 10.2. The molecule has 1 saturated heterocycles. The van der Waals surface area contributed by atoms with Gasteiger partial charge in [-0.2, -0.15) is 0 Å². The Labute approximate surface area is 134 Å². The van der Waals surface area contributed by atoms with Crippen molar-refractivity contribution >= 4 is 45.8 Å². The van der Waals surface area contributed by atoms with E-state index < -0.39 is 0 Å². The van der Waals surface area contributed by atoms with Crippen molar-refractivity contribution in [3.8, 4) is 0 Å². The molecule has 2 amide bonds. The number of benzene rings is 1. The van der Waals surface area contributed by atoms with E-state index >= 15 is 0 Å². The van der Waals surface area contributed by atoms with E-state index in [2.05, 4.69) is 5.32 Å². The summed E-state index contributed by atoms with van der Waals surface area (Å²) in [7, 11) is 0. The molecular formula is C15H18N2O2S2. The third-order valence-corrected chi connectivity index (χ3v) is 4.99. The molecule has 0 spiro atoms. The third-order valence-electron chi connectivity index (χ3n) is 3.24. The summed E-state index contributed by atoms with van der Waals surface area (Å²) in [6.45, 7) is 4.28. The van der Waals surface area contributed by atoms with Gasteiger partial charge >= 0.3 is 0 Å². The molecule has 1 heterocycles. The molecule has 1 unspecified atom stereocenters. The quantitative estimate of drug-likeness (QED) is 0.847. The van der Waals surface area contributed by atoms with Gasteiger partial charge in [-0.1, -0.05) is 43.0 Å². The van der Waals surface area contributed by atoms with Gasteiger partial charge < -0.3 is 5.32 Å². The summed E-state index contributed by atoms with van der Waals surface area (Å²) >= 11 is 6.61. The summed E-state index contributed by atoms with van der Waals surface area (Å²) in [5, 5.41) is 2.75. The van der Waals surface area contributed by atoms with E-state index in [4.69, 9.17) is 12.2 Å². The molecule has 1 fully saturated rings. The molecular weight excluding hydrogens is 304 g/mol. The number of aryl methyl sites for hydroxylation is 1. The Morgan fingerprint density at radius 1 is 1.48 bits per heavy atom. The van der Waals surface area contributed by atoms with Crippen molar-refractivity contribution in [2.75, 3.05) is 11.9 Å². The number of thioether (sulfide) groups is 1. The Hall–Kier alpha value is -1.40. The van der Waals surface area contributed by atoms with E-state index in [1.807, 2.05) is 38.1 Å². The maximum Gasteiger partial charge on any atom is 0.241 e. The van der Waals surface area contributed by atoms with Crippen molar-refractivity contribution in [3.63, 3.8) is 0 Å². The van der Waals surface area contributed by atoms with Crippen LogP contribution in [-0.2, 0) is 9.59 Å². The van der Waals surface area contributed by atoms with E-state index in [0.717, 1.165) is 17.7 Å². The number of amides is 2. The van der Waals surface area contributed by atoms with E-state index in [1.54, 1.807) is 4.90 Å². The van der Waals surface area contributed by atoms with Crippen LogP contribution in [0, 0.1) is 6.92 Å². The van der Waals surface area contributed by atoms with Crippen molar-refractivity contribution < 1.29 is 9.59 Å². The number of hydrogen-bond donors (Lipinski definition) is 1. The highest BCUT2D eigenvalue weighted by molar-refractivity contribution is 8.24. The molecule has 0 radical (unpaired) electrons. The Morgan fingerprint density at radius 2 is 2.24 bits per heavy atom. The van der Waals surface area contributed by atoms with Gasteiger partial charge in [-0.25, -0.2) is 0 Å². The maximum absolute atomic E-state index is 12.0. The first-order chi connectivity index (χ1) is 10.0. The Balaban J connectivity index is 1.87. The number of nitrogens with zero attached hydrogens (tertiary/aromatic N) is 1. The van der Waals surface area contributed by atoms with Gasteiger partial charge in [0.15, 0.2) is 0 Å². The second-order valence-corrected chi connectivity index (χ2v) is 6.77. The number of carbonyl (C=O) groups excluding carboxylic acids is 2. The average molecular weight is 322 g/mol. The minimum Gasteiger partial charge on any atom is -0.326 e. The normalized spacial score (nSPS) is 18.2. The molecule has 0 saturated carbocycles. The molecule has 6 heteroatoms. The first-order valence-electron chi connectivity index (χ1n) is 6.89. The molecule has 4 nitrogen and oxygen atoms in total. The number of carbonyl (C=O) groups is 2. The summed E-state index contributed by atoms with van der Waals surface area (Å²) < 4.78 is 0.579. The van der Waals surface area contributed by atoms with Gasteiger partial charge in [0.25, 0.3) is 0 Å². The van der Waals surface area contributed by atoms with Gasteiger partial charge in [-0.15, -0.1) is 0 Å². The van der Waals surface area contributed by atoms with Crippen molar-refractivity contribution in [2.24, 2.45) is 0 Å². The predicted molar refractivity (Wildman–Crippen MR) is 90.4 cm³/mol. The minimum absolute atomic E-state index is 0.0239. The van der Waals surface area contributed by atoms with E-state index in [-0.39, 0.29) is 23.5 Å². The van der Waals surface area contributed by atoms with Crippen molar-refractivity contribution in [3.05, 3.63) is 29.8 Å². The summed E-state index contributed by atoms with van der Waals surface area (Å²) in [5.74, 6) is -0.0861. The van der Waals surface area contributed by atoms with Crippen LogP contribution in [0.1, 0.15) is 25.3 Å². The highest BCUT2D eigenvalue weighted by atomic mass is 32.2. The Kier molecular flexibility index (Phi) is 5.36. The van der Waals surface area contributed by atoms with Crippen LogP contribution < -0.4 is 5.32 Å². The first kappa shape index (κ1) is 16.0. The van der Waals surface area contributed by atoms with E-state index in [0.29, 0.717) is 10.9 Å². The summed E-state index contributed by atoms with van der Waals surface area (Å²) in [6.07, 6.45) is 1.01. The zero-order chi connectivity index (χ0) is 15.4. The maximum atomic E-state index is 12.0. The molecule has 2 rings (SSSR count). The summed E-state index contributed by atoms with van der Waals surface area (Å²) in [5.41, 5.74) is 1.86. The van der Waals surface area contributed by atoms with Gasteiger partial charge in [-0.05, 0) is 31.0 Å². The predicted octanol–water partition coefficient (Wildman–Crippen LogP) is 2.96. The first-order valence-corrected chi connectivity index (χ1v) is 8.18. The minimum atomic E-state index is -0.110. The third kappa shape index (κ3) is 4.04. The SMILES string of the molecule is CCC1SC(=S)N(CCC(=O)Nc2cccc(C)c2)C1=O. The van der Waals surface area contributed by atoms with Crippen molar-refractivity contribution in [2.45, 2.75) is 31.9 Å². The molecule has 1 N–H and O–H groups in total. The van der Waals surface area contributed by atoms with E-state index in [9.17, 15) is 9.59 Å². The lowest BCUT2D eigenvalue weighted by molar-refractivity contribution is -0.126. The summed E-state index contributed by atoms with van der Waals surface area (Å²) in [6, 6.07) is 7.62. The molecule has 0 bridgehead atoms. The van der Waals surface area contributed by atoms with Crippen LogP contribution in [0.25, 0.3) is 0 Å². The largest absolute Gasteiger partial charge is 0.326 e. The smallest absolute Gasteiger partial charge is 0.241 e. The van der Waals surface area contributed by atoms with Crippen LogP contribution >= 0.6 is 24.0 Å². The molecule has 1 aliphatic heterocycles. The van der Waals surface area contributed by atoms with Gasteiger partial charge in [0, 0.05) is 18.7 Å². The average Bonchev–Trinajstić information content (AvgIpc) is 2.71. The zero-order valence-corrected chi connectivity index (χ0v) is 13.7. The van der Waals surface area contributed by atoms with E-state index in [1.165, 1.54) is 11.8 Å². The molecule has 21 heavy (non-hydrogen) atoms. The summed E-state index contributed by atoms with van der Waals surface area (Å²) in [4.78, 5) is 25.5. The number of rotatable bonds is 5. The fraction of sp³-hybridized carbons (Fsp3) is 0.400. The number of nitrogens with one attached hydrogen (secondary N) is 1. The van der Waals surface area contributed by atoms with Crippen LogP contribution in [0.15, 0.2) is 24.3 Å². The second kappa shape index (κ2) is 7.04. The second-order valence-electron chi connectivity index (χ2n) is 4.94. The topological polar surface area (TPSA) is 49.4 Å². The Morgan fingerprint density at radius 3 is 2.86 bits per heavy atom. The van der Waals surface area contributed by atoms with Crippen molar-refractivity contribution in [1.29, 1.82) is 0 Å². The highest BCUT2D eigenvalue weighted by Crippen LogP contribution is 2.29. The van der Waals surface area contributed by atoms with Crippen LogP contribution in [0.5, 0.6) is 0 Å². The molecule has 112 valence electrons. The Bertz CT molecular complexity index is 575. The highest BCUT2D eigenvalue weighted by Gasteiger charge is 2.35. The van der Waals surface area contributed by atoms with Crippen LogP contribution in [0.3, 0.4) is 0 Å². The molecule has 0 aromatic heterocycles. The standard InChI is InChI=1S/C15H18N2O2S2/c1-3-12-14(19)17(15(20)21-12)8-7-13(18)16-11-6-4-5-10(2)9-11/h4-6,9,12H,3,7-8H2,1-2H3,(H,16,18). The van der Waals surface area contributed by atoms with Gasteiger partial charge in [0.05, 0.1) is 5.25 Å². The fourth-order valence-electron chi connectivity index (χ4n) is 2.12. The zero-order valence-electron chi connectivity index (χ0n) is 12.1.